The monoisotopic (exact) mass is 461 g/mol. The van der Waals surface area contributed by atoms with Crippen LogP contribution in [-0.2, 0) is 24.4 Å². The largest absolute Gasteiger partial charge is 0.743 e. The number of carbonyl (C=O) groups is 1. The highest BCUT2D eigenvalue weighted by atomic mass is 32.2. The second kappa shape index (κ2) is 10.4. The summed E-state index contributed by atoms with van der Waals surface area (Å²) in [4.78, 5) is 12.4. The first-order valence-corrected chi connectivity index (χ1v) is 11.3. The molecule has 0 N–H and O–H groups in total. The molecule has 1 aliphatic rings. The minimum Gasteiger partial charge on any atom is -0.743 e. The molecule has 0 atom stereocenters. The molecule has 11 heteroatoms. The SMILES string of the molecule is C=C(COCCC(F)(F)C(F)(F)S(=O)(=O)[O-])C(=O)OC1(C(C)C)CCCCCCC1. The van der Waals surface area contributed by atoms with E-state index in [4.69, 9.17) is 9.47 Å². The maximum atomic E-state index is 13.4. The summed E-state index contributed by atoms with van der Waals surface area (Å²) in [6, 6.07) is 0. The summed E-state index contributed by atoms with van der Waals surface area (Å²) in [6.45, 7) is 5.81. The summed E-state index contributed by atoms with van der Waals surface area (Å²) >= 11 is 0. The van der Waals surface area contributed by atoms with Crippen LogP contribution in [0, 0.1) is 5.92 Å². The van der Waals surface area contributed by atoms with Crippen LogP contribution in [0.2, 0.25) is 0 Å². The van der Waals surface area contributed by atoms with Crippen LogP contribution in [0.15, 0.2) is 12.2 Å². The van der Waals surface area contributed by atoms with Gasteiger partial charge in [-0.25, -0.2) is 13.2 Å². The third-order valence-electron chi connectivity index (χ3n) is 5.41. The van der Waals surface area contributed by atoms with Gasteiger partial charge < -0.3 is 14.0 Å². The van der Waals surface area contributed by atoms with Gasteiger partial charge in [0.2, 0.25) is 0 Å². The van der Waals surface area contributed by atoms with Crippen LogP contribution in [0.3, 0.4) is 0 Å². The van der Waals surface area contributed by atoms with Gasteiger partial charge in [0, 0.05) is 6.42 Å². The van der Waals surface area contributed by atoms with Crippen molar-refractivity contribution in [2.24, 2.45) is 5.92 Å². The minimum absolute atomic E-state index is 0.0447. The van der Waals surface area contributed by atoms with E-state index in [1.807, 2.05) is 13.8 Å². The predicted octanol–water partition coefficient (Wildman–Crippen LogP) is 4.40. The van der Waals surface area contributed by atoms with E-state index in [2.05, 4.69) is 6.58 Å². The van der Waals surface area contributed by atoms with Gasteiger partial charge in [-0.15, -0.1) is 0 Å². The molecule has 0 aliphatic heterocycles. The molecule has 0 aromatic heterocycles. The number of carbonyl (C=O) groups excluding carboxylic acids is 1. The van der Waals surface area contributed by atoms with Crippen LogP contribution in [0.25, 0.3) is 0 Å². The molecule has 0 heterocycles. The number of alkyl halides is 4. The van der Waals surface area contributed by atoms with Gasteiger partial charge >= 0.3 is 17.1 Å². The molecule has 1 aliphatic carbocycles. The molecule has 0 bridgehead atoms. The van der Waals surface area contributed by atoms with Crippen molar-refractivity contribution in [2.75, 3.05) is 13.2 Å². The molecule has 6 nitrogen and oxygen atoms in total. The average Bonchev–Trinajstić information content (AvgIpc) is 2.59. The highest BCUT2D eigenvalue weighted by Gasteiger charge is 2.61. The van der Waals surface area contributed by atoms with Crippen molar-refractivity contribution in [3.8, 4) is 0 Å². The number of ether oxygens (including phenoxy) is 2. The molecule has 176 valence electrons. The van der Waals surface area contributed by atoms with Gasteiger partial charge in [0.15, 0.2) is 10.1 Å². The van der Waals surface area contributed by atoms with Crippen LogP contribution >= 0.6 is 0 Å². The fraction of sp³-hybridized carbons (Fsp3) is 0.842. The summed E-state index contributed by atoms with van der Waals surface area (Å²) in [6.07, 6.45) is 4.66. The topological polar surface area (TPSA) is 92.7 Å². The van der Waals surface area contributed by atoms with Crippen LogP contribution in [0.4, 0.5) is 17.6 Å². The summed E-state index contributed by atoms with van der Waals surface area (Å²) in [5.41, 5.74) is -0.846. The van der Waals surface area contributed by atoms with E-state index in [9.17, 15) is 35.3 Å². The molecule has 0 amide bonds. The van der Waals surface area contributed by atoms with Gasteiger partial charge in [-0.1, -0.05) is 39.7 Å². The fourth-order valence-electron chi connectivity index (χ4n) is 3.34. The molecule has 0 spiro atoms. The van der Waals surface area contributed by atoms with E-state index in [-0.39, 0.29) is 11.5 Å². The van der Waals surface area contributed by atoms with Gasteiger partial charge in [-0.2, -0.15) is 17.6 Å². The maximum absolute atomic E-state index is 13.4. The van der Waals surface area contributed by atoms with E-state index >= 15 is 0 Å². The quantitative estimate of drug-likeness (QED) is 0.157. The zero-order valence-corrected chi connectivity index (χ0v) is 18.0. The molecule has 1 fully saturated rings. The zero-order valence-electron chi connectivity index (χ0n) is 17.2. The Hall–Kier alpha value is -1.20. The van der Waals surface area contributed by atoms with Crippen molar-refractivity contribution in [3.63, 3.8) is 0 Å². The first-order chi connectivity index (χ1) is 13.7. The third kappa shape index (κ3) is 6.65. The first kappa shape index (κ1) is 26.8. The molecule has 1 rings (SSSR count). The van der Waals surface area contributed by atoms with E-state index in [1.54, 1.807) is 0 Å². The Balaban J connectivity index is 2.61. The fourth-order valence-corrected chi connectivity index (χ4v) is 3.81. The van der Waals surface area contributed by atoms with Crippen molar-refractivity contribution >= 4 is 16.1 Å². The van der Waals surface area contributed by atoms with E-state index in [0.29, 0.717) is 12.8 Å². The van der Waals surface area contributed by atoms with Gasteiger partial charge in [0.05, 0.1) is 18.8 Å². The summed E-state index contributed by atoms with van der Waals surface area (Å²) < 4.78 is 94.4. The van der Waals surface area contributed by atoms with Gasteiger partial charge in [-0.05, 0) is 31.6 Å². The standard InChI is InChI=1S/C19H30F4O6S/c1-14(2)17(9-7-5-4-6-8-10-17)29-16(24)15(3)13-28-12-11-18(20,21)19(22,23)30(25,26)27/h14H,3-13H2,1-2H3,(H,25,26,27)/p-1. The van der Waals surface area contributed by atoms with Crippen molar-refractivity contribution in [1.82, 2.24) is 0 Å². The molecule has 0 saturated heterocycles. The summed E-state index contributed by atoms with van der Waals surface area (Å²) in [5.74, 6) is -5.83. The number of hydrogen-bond donors (Lipinski definition) is 0. The Kier molecular flexibility index (Phi) is 9.31. The third-order valence-corrected chi connectivity index (χ3v) is 6.34. The van der Waals surface area contributed by atoms with Gasteiger partial charge in [0.1, 0.15) is 5.60 Å². The van der Waals surface area contributed by atoms with Crippen molar-refractivity contribution < 1.29 is 44.8 Å². The van der Waals surface area contributed by atoms with Crippen LogP contribution in [0.5, 0.6) is 0 Å². The van der Waals surface area contributed by atoms with Crippen molar-refractivity contribution in [1.29, 1.82) is 0 Å². The molecule has 0 aromatic rings. The van der Waals surface area contributed by atoms with Gasteiger partial charge in [-0.3, -0.25) is 0 Å². The molecule has 0 unspecified atom stereocenters. The van der Waals surface area contributed by atoms with E-state index in [1.165, 1.54) is 0 Å². The normalized spacial score (nSPS) is 18.5. The van der Waals surface area contributed by atoms with Crippen LogP contribution in [0.1, 0.15) is 65.2 Å². The van der Waals surface area contributed by atoms with Crippen LogP contribution in [-0.4, -0.2) is 48.9 Å². The Morgan fingerprint density at radius 2 is 1.60 bits per heavy atom. The Morgan fingerprint density at radius 3 is 2.07 bits per heavy atom. The number of halogens is 4. The Labute approximate surface area is 174 Å². The first-order valence-electron chi connectivity index (χ1n) is 9.86. The van der Waals surface area contributed by atoms with Crippen molar-refractivity contribution in [2.45, 2.75) is 82.0 Å². The lowest BCUT2D eigenvalue weighted by Crippen LogP contribution is -2.47. The van der Waals surface area contributed by atoms with Crippen LogP contribution < -0.4 is 0 Å². The van der Waals surface area contributed by atoms with E-state index < -0.39 is 52.5 Å². The summed E-state index contributed by atoms with van der Waals surface area (Å²) in [7, 11) is -6.54. The number of rotatable bonds is 10. The predicted molar refractivity (Wildman–Crippen MR) is 100 cm³/mol. The molecule has 30 heavy (non-hydrogen) atoms. The lowest BCUT2D eigenvalue weighted by Gasteiger charge is -2.38. The lowest BCUT2D eigenvalue weighted by molar-refractivity contribution is -0.171. The molecule has 0 radical (unpaired) electrons. The second-order valence-corrected chi connectivity index (χ2v) is 9.38. The zero-order chi connectivity index (χ0) is 23.2. The molecule has 1 saturated carbocycles. The maximum Gasteiger partial charge on any atom is 0.396 e. The molecular formula is C19H29F4O6S-. The lowest BCUT2D eigenvalue weighted by atomic mass is 9.79. The Morgan fingerprint density at radius 1 is 1.10 bits per heavy atom. The summed E-state index contributed by atoms with van der Waals surface area (Å²) in [5, 5.41) is -5.76. The minimum atomic E-state index is -6.54. The second-order valence-electron chi connectivity index (χ2n) is 7.96. The highest BCUT2D eigenvalue weighted by molar-refractivity contribution is 7.86. The van der Waals surface area contributed by atoms with Crippen molar-refractivity contribution in [3.05, 3.63) is 12.2 Å². The average molecular weight is 461 g/mol. The van der Waals surface area contributed by atoms with E-state index in [0.717, 1.165) is 32.1 Å². The Bertz CT molecular complexity index is 698. The highest BCUT2D eigenvalue weighted by Crippen LogP contribution is 2.40. The smallest absolute Gasteiger partial charge is 0.396 e. The van der Waals surface area contributed by atoms with Gasteiger partial charge in [0.25, 0.3) is 0 Å². The number of hydrogen-bond acceptors (Lipinski definition) is 6. The molecular weight excluding hydrogens is 432 g/mol. The molecule has 0 aromatic carbocycles. The number of esters is 1.